The third kappa shape index (κ3) is 2.24. The van der Waals surface area contributed by atoms with Crippen molar-refractivity contribution in [2.75, 3.05) is 4.90 Å². The molecule has 1 aliphatic heterocycles. The Morgan fingerprint density at radius 3 is 2.46 bits per heavy atom. The van der Waals surface area contributed by atoms with E-state index in [9.17, 15) is 4.79 Å². The van der Waals surface area contributed by atoms with Gasteiger partial charge in [-0.15, -0.1) is 0 Å². The molecule has 126 valence electrons. The summed E-state index contributed by atoms with van der Waals surface area (Å²) in [7, 11) is 0. The highest BCUT2D eigenvalue weighted by Gasteiger charge is 2.35. The van der Waals surface area contributed by atoms with Gasteiger partial charge >= 0.3 is 0 Å². The minimum Gasteiger partial charge on any atom is -0.275 e. The fourth-order valence-corrected chi connectivity index (χ4v) is 3.33. The molecular formula is C21H16N4O. The Morgan fingerprint density at radius 2 is 1.85 bits per heavy atom. The van der Waals surface area contributed by atoms with Gasteiger partial charge in [0.2, 0.25) is 0 Å². The van der Waals surface area contributed by atoms with Gasteiger partial charge in [0.15, 0.2) is 5.82 Å². The van der Waals surface area contributed by atoms with Crippen molar-refractivity contribution in [2.24, 2.45) is 0 Å². The summed E-state index contributed by atoms with van der Waals surface area (Å²) in [6, 6.07) is 16.9. The Morgan fingerprint density at radius 1 is 1.15 bits per heavy atom. The first-order valence-corrected chi connectivity index (χ1v) is 8.36. The molecule has 26 heavy (non-hydrogen) atoms. The van der Waals surface area contributed by atoms with Crippen LogP contribution in [0.2, 0.25) is 0 Å². The molecule has 1 amide bonds. The SMILES string of the molecule is C=C1c2ccccc2C(=O)N1c1n[nH]c(-c2ccc(C#N)cc2)c1CC. The van der Waals surface area contributed by atoms with Crippen LogP contribution in [0, 0.1) is 11.3 Å². The van der Waals surface area contributed by atoms with E-state index in [4.69, 9.17) is 5.26 Å². The van der Waals surface area contributed by atoms with Gasteiger partial charge in [-0.1, -0.05) is 43.8 Å². The fraction of sp³-hybridized carbons (Fsp3) is 0.0952. The van der Waals surface area contributed by atoms with Crippen LogP contribution >= 0.6 is 0 Å². The van der Waals surface area contributed by atoms with E-state index < -0.39 is 0 Å². The molecule has 0 fully saturated rings. The standard InChI is InChI=1S/C21H16N4O/c1-3-16-19(15-10-8-14(12-22)9-11-15)23-24-20(16)25-13(2)17-6-4-5-7-18(17)21(25)26/h4-11H,2-3H2,1H3,(H,23,24). The van der Waals surface area contributed by atoms with Gasteiger partial charge in [-0.05, 0) is 30.2 Å². The van der Waals surface area contributed by atoms with Crippen molar-refractivity contribution in [3.05, 3.63) is 77.4 Å². The number of benzene rings is 2. The Labute approximate surface area is 151 Å². The number of hydrogen-bond acceptors (Lipinski definition) is 3. The number of aromatic amines is 1. The third-order valence-corrected chi connectivity index (χ3v) is 4.65. The highest BCUT2D eigenvalue weighted by molar-refractivity contribution is 6.22. The van der Waals surface area contributed by atoms with Crippen LogP contribution in [-0.4, -0.2) is 16.1 Å². The lowest BCUT2D eigenvalue weighted by Gasteiger charge is -2.16. The summed E-state index contributed by atoms with van der Waals surface area (Å²) in [6.45, 7) is 6.12. The molecule has 1 N–H and O–H groups in total. The number of H-pyrrole nitrogens is 1. The lowest BCUT2D eigenvalue weighted by molar-refractivity contribution is 0.100. The van der Waals surface area contributed by atoms with Gasteiger partial charge in [-0.2, -0.15) is 10.4 Å². The number of hydrogen-bond donors (Lipinski definition) is 1. The molecule has 0 radical (unpaired) electrons. The molecule has 4 rings (SSSR count). The first-order valence-electron chi connectivity index (χ1n) is 8.36. The van der Waals surface area contributed by atoms with Gasteiger partial charge in [0.05, 0.1) is 23.0 Å². The summed E-state index contributed by atoms with van der Waals surface area (Å²) in [5.74, 6) is 0.469. The molecular weight excluding hydrogens is 324 g/mol. The van der Waals surface area contributed by atoms with Crippen molar-refractivity contribution in [3.63, 3.8) is 0 Å². The lowest BCUT2D eigenvalue weighted by atomic mass is 10.0. The smallest absolute Gasteiger partial charge is 0.264 e. The highest BCUT2D eigenvalue weighted by atomic mass is 16.2. The molecule has 3 aromatic rings. The zero-order valence-corrected chi connectivity index (χ0v) is 14.3. The van der Waals surface area contributed by atoms with E-state index in [1.165, 1.54) is 0 Å². The zero-order chi connectivity index (χ0) is 18.3. The summed E-state index contributed by atoms with van der Waals surface area (Å²) in [4.78, 5) is 14.5. The monoisotopic (exact) mass is 340 g/mol. The summed E-state index contributed by atoms with van der Waals surface area (Å²) >= 11 is 0. The second-order valence-corrected chi connectivity index (χ2v) is 6.08. The van der Waals surface area contributed by atoms with Crippen LogP contribution in [0.4, 0.5) is 5.82 Å². The van der Waals surface area contributed by atoms with Crippen LogP contribution < -0.4 is 4.90 Å². The number of amides is 1. The topological polar surface area (TPSA) is 72.8 Å². The van der Waals surface area contributed by atoms with Crippen molar-refractivity contribution >= 4 is 17.4 Å². The molecule has 1 aliphatic rings. The molecule has 0 spiro atoms. The van der Waals surface area contributed by atoms with Gasteiger partial charge in [0.1, 0.15) is 0 Å². The van der Waals surface area contributed by atoms with E-state index >= 15 is 0 Å². The Kier molecular flexibility index (Phi) is 3.67. The number of carbonyl (C=O) groups is 1. The number of anilines is 1. The second kappa shape index (κ2) is 6.01. The maximum absolute atomic E-state index is 12.9. The molecule has 0 saturated carbocycles. The molecule has 2 aromatic carbocycles. The first kappa shape index (κ1) is 15.9. The van der Waals surface area contributed by atoms with E-state index in [1.807, 2.05) is 43.3 Å². The van der Waals surface area contributed by atoms with Gasteiger partial charge < -0.3 is 0 Å². The van der Waals surface area contributed by atoms with E-state index in [2.05, 4.69) is 22.8 Å². The number of carbonyl (C=O) groups excluding carboxylic acids is 1. The van der Waals surface area contributed by atoms with Gasteiger partial charge in [-0.25, -0.2) is 0 Å². The van der Waals surface area contributed by atoms with Crippen LogP contribution in [0.1, 0.15) is 34.0 Å². The van der Waals surface area contributed by atoms with Crippen molar-refractivity contribution in [1.82, 2.24) is 10.2 Å². The van der Waals surface area contributed by atoms with Crippen LogP contribution in [0.25, 0.3) is 17.0 Å². The van der Waals surface area contributed by atoms with Gasteiger partial charge in [-0.3, -0.25) is 14.8 Å². The zero-order valence-electron chi connectivity index (χ0n) is 14.3. The number of nitriles is 1. The Balaban J connectivity index is 1.80. The van der Waals surface area contributed by atoms with E-state index in [-0.39, 0.29) is 5.91 Å². The van der Waals surface area contributed by atoms with Gasteiger partial charge in [0, 0.05) is 16.7 Å². The van der Waals surface area contributed by atoms with Crippen molar-refractivity contribution in [1.29, 1.82) is 5.26 Å². The minimum atomic E-state index is -0.113. The molecule has 0 atom stereocenters. The number of rotatable bonds is 3. The van der Waals surface area contributed by atoms with Crippen LogP contribution in [0.15, 0.2) is 55.1 Å². The molecule has 5 nitrogen and oxygen atoms in total. The minimum absolute atomic E-state index is 0.113. The van der Waals surface area contributed by atoms with Crippen LogP contribution in [0.3, 0.4) is 0 Å². The van der Waals surface area contributed by atoms with E-state index in [0.29, 0.717) is 29.1 Å². The third-order valence-electron chi connectivity index (χ3n) is 4.65. The second-order valence-electron chi connectivity index (χ2n) is 6.08. The van der Waals surface area contributed by atoms with E-state index in [0.717, 1.165) is 22.4 Å². The summed E-state index contributed by atoms with van der Waals surface area (Å²) in [5, 5.41) is 16.4. The molecule has 5 heteroatoms. The summed E-state index contributed by atoms with van der Waals surface area (Å²) in [5.41, 5.74) is 5.43. The molecule has 0 aliphatic carbocycles. The average Bonchev–Trinajstić information content (AvgIpc) is 3.21. The predicted molar refractivity (Wildman–Crippen MR) is 100 cm³/mol. The maximum Gasteiger partial charge on any atom is 0.264 e. The average molecular weight is 340 g/mol. The van der Waals surface area contributed by atoms with Crippen LogP contribution in [0.5, 0.6) is 0 Å². The largest absolute Gasteiger partial charge is 0.275 e. The fourth-order valence-electron chi connectivity index (χ4n) is 3.33. The summed E-state index contributed by atoms with van der Waals surface area (Å²) in [6.07, 6.45) is 0.703. The van der Waals surface area contributed by atoms with E-state index in [1.54, 1.807) is 17.0 Å². The van der Waals surface area contributed by atoms with Crippen molar-refractivity contribution in [3.8, 4) is 17.3 Å². The molecule has 0 bridgehead atoms. The van der Waals surface area contributed by atoms with Crippen molar-refractivity contribution in [2.45, 2.75) is 13.3 Å². The molecule has 1 aromatic heterocycles. The molecule has 0 saturated heterocycles. The van der Waals surface area contributed by atoms with Crippen molar-refractivity contribution < 1.29 is 4.79 Å². The van der Waals surface area contributed by atoms with Gasteiger partial charge in [0.25, 0.3) is 5.91 Å². The maximum atomic E-state index is 12.9. The molecule has 2 heterocycles. The number of nitrogens with one attached hydrogen (secondary N) is 1. The van der Waals surface area contributed by atoms with Crippen LogP contribution in [-0.2, 0) is 6.42 Å². The lowest BCUT2D eigenvalue weighted by Crippen LogP contribution is -2.23. The Bertz CT molecular complexity index is 1040. The Hall–Kier alpha value is -3.65. The number of fused-ring (bicyclic) bond motifs is 1. The first-order chi connectivity index (χ1) is 12.7. The number of nitrogens with zero attached hydrogens (tertiary/aromatic N) is 3. The number of aromatic nitrogens is 2. The predicted octanol–water partition coefficient (Wildman–Crippen LogP) is 4.14. The molecule has 0 unspecified atom stereocenters. The normalized spacial score (nSPS) is 13.0. The summed E-state index contributed by atoms with van der Waals surface area (Å²) < 4.78 is 0. The highest BCUT2D eigenvalue weighted by Crippen LogP contribution is 2.38. The quantitative estimate of drug-likeness (QED) is 0.779.